The average molecular weight is 198 g/mol. The van der Waals surface area contributed by atoms with E-state index in [1.165, 1.54) is 6.42 Å². The molecule has 0 N–H and O–H groups in total. The normalized spacial score (nSPS) is 22.3. The van der Waals surface area contributed by atoms with Gasteiger partial charge in [-0.15, -0.1) is 0 Å². The van der Waals surface area contributed by atoms with Gasteiger partial charge in [0, 0.05) is 25.5 Å². The summed E-state index contributed by atoms with van der Waals surface area (Å²) >= 11 is 5.94. The average Bonchev–Trinajstić information content (AvgIpc) is 2.53. The fourth-order valence-corrected chi connectivity index (χ4v) is 1.88. The van der Waals surface area contributed by atoms with Gasteiger partial charge in [-0.25, -0.2) is 9.97 Å². The van der Waals surface area contributed by atoms with Crippen molar-refractivity contribution in [3.05, 3.63) is 17.5 Å². The Morgan fingerprint density at radius 2 is 2.23 bits per heavy atom. The molecular weight excluding hydrogens is 186 g/mol. The summed E-state index contributed by atoms with van der Waals surface area (Å²) < 4.78 is 0. The van der Waals surface area contributed by atoms with Crippen LogP contribution in [0.15, 0.2) is 12.4 Å². The van der Waals surface area contributed by atoms with Crippen LogP contribution in [0.5, 0.6) is 0 Å². The first-order chi connectivity index (χ1) is 6.27. The molecule has 1 aromatic rings. The second-order valence-corrected chi connectivity index (χ2v) is 3.87. The summed E-state index contributed by atoms with van der Waals surface area (Å²) in [6.07, 6.45) is 4.52. The topological polar surface area (TPSA) is 29.0 Å². The van der Waals surface area contributed by atoms with Crippen LogP contribution in [0.1, 0.15) is 13.3 Å². The molecule has 1 aliphatic heterocycles. The van der Waals surface area contributed by atoms with Crippen LogP contribution >= 0.6 is 11.6 Å². The van der Waals surface area contributed by atoms with Gasteiger partial charge in [0.1, 0.15) is 0 Å². The van der Waals surface area contributed by atoms with E-state index in [1.807, 2.05) is 0 Å². The number of hydrogen-bond donors (Lipinski definition) is 0. The van der Waals surface area contributed by atoms with Crippen LogP contribution in [0.25, 0.3) is 0 Å². The molecule has 4 heteroatoms. The standard InChI is InChI=1S/C9H12ClN3/c1-7-2-5-13(6-7)9-8(10)11-3-4-12-9/h3-4,7H,2,5-6H2,1H3. The highest BCUT2D eigenvalue weighted by Crippen LogP contribution is 2.25. The molecule has 0 radical (unpaired) electrons. The van der Waals surface area contributed by atoms with Crippen molar-refractivity contribution in [1.82, 2.24) is 9.97 Å². The Balaban J connectivity index is 2.21. The molecule has 0 aromatic carbocycles. The van der Waals surface area contributed by atoms with E-state index < -0.39 is 0 Å². The van der Waals surface area contributed by atoms with E-state index >= 15 is 0 Å². The maximum absolute atomic E-state index is 5.94. The molecule has 0 saturated carbocycles. The van der Waals surface area contributed by atoms with Crippen LogP contribution < -0.4 is 4.90 Å². The van der Waals surface area contributed by atoms with Gasteiger partial charge in [0.25, 0.3) is 0 Å². The lowest BCUT2D eigenvalue weighted by atomic mass is 10.2. The van der Waals surface area contributed by atoms with E-state index in [-0.39, 0.29) is 0 Å². The van der Waals surface area contributed by atoms with Gasteiger partial charge in [-0.1, -0.05) is 18.5 Å². The minimum atomic E-state index is 0.511. The number of nitrogens with zero attached hydrogens (tertiary/aromatic N) is 3. The van der Waals surface area contributed by atoms with Crippen LogP contribution in [-0.4, -0.2) is 23.1 Å². The molecule has 3 nitrogen and oxygen atoms in total. The highest BCUT2D eigenvalue weighted by Gasteiger charge is 2.21. The number of anilines is 1. The molecule has 70 valence electrons. The van der Waals surface area contributed by atoms with E-state index in [0.717, 1.165) is 24.8 Å². The molecule has 2 rings (SSSR count). The smallest absolute Gasteiger partial charge is 0.171 e. The van der Waals surface area contributed by atoms with Crippen LogP contribution in [0, 0.1) is 5.92 Å². The van der Waals surface area contributed by atoms with Crippen molar-refractivity contribution in [1.29, 1.82) is 0 Å². The van der Waals surface area contributed by atoms with Crippen molar-refractivity contribution in [2.24, 2.45) is 5.92 Å². The van der Waals surface area contributed by atoms with Gasteiger partial charge in [-0.05, 0) is 12.3 Å². The highest BCUT2D eigenvalue weighted by molar-refractivity contribution is 6.31. The van der Waals surface area contributed by atoms with Gasteiger partial charge >= 0.3 is 0 Å². The molecule has 0 amide bonds. The van der Waals surface area contributed by atoms with Crippen molar-refractivity contribution in [2.45, 2.75) is 13.3 Å². The Morgan fingerprint density at radius 3 is 2.85 bits per heavy atom. The van der Waals surface area contributed by atoms with E-state index in [1.54, 1.807) is 12.4 Å². The van der Waals surface area contributed by atoms with Gasteiger partial charge in [0.05, 0.1) is 0 Å². The molecule has 0 bridgehead atoms. The van der Waals surface area contributed by atoms with Crippen LogP contribution in [0.4, 0.5) is 5.82 Å². The molecule has 1 aromatic heterocycles. The minimum Gasteiger partial charge on any atom is -0.354 e. The first-order valence-electron chi connectivity index (χ1n) is 4.49. The molecule has 1 unspecified atom stereocenters. The number of aromatic nitrogens is 2. The van der Waals surface area contributed by atoms with Crippen LogP contribution in [-0.2, 0) is 0 Å². The van der Waals surface area contributed by atoms with Gasteiger partial charge in [0.15, 0.2) is 11.0 Å². The zero-order valence-corrected chi connectivity index (χ0v) is 8.33. The van der Waals surface area contributed by atoms with Gasteiger partial charge in [0.2, 0.25) is 0 Å². The third-order valence-electron chi connectivity index (χ3n) is 2.36. The summed E-state index contributed by atoms with van der Waals surface area (Å²) in [5, 5.41) is 0.511. The zero-order valence-electron chi connectivity index (χ0n) is 7.57. The minimum absolute atomic E-state index is 0.511. The third kappa shape index (κ3) is 1.75. The van der Waals surface area contributed by atoms with Crippen LogP contribution in [0.3, 0.4) is 0 Å². The molecule has 1 saturated heterocycles. The van der Waals surface area contributed by atoms with E-state index in [4.69, 9.17) is 11.6 Å². The summed E-state index contributed by atoms with van der Waals surface area (Å²) in [5.74, 6) is 1.56. The first kappa shape index (κ1) is 8.75. The fourth-order valence-electron chi connectivity index (χ4n) is 1.65. The predicted molar refractivity (Wildman–Crippen MR) is 53.0 cm³/mol. The van der Waals surface area contributed by atoms with Gasteiger partial charge in [-0.2, -0.15) is 0 Å². The Hall–Kier alpha value is -0.830. The second-order valence-electron chi connectivity index (χ2n) is 3.51. The lowest BCUT2D eigenvalue weighted by molar-refractivity contribution is 0.659. The molecule has 0 spiro atoms. The van der Waals surface area contributed by atoms with Crippen LogP contribution in [0.2, 0.25) is 5.15 Å². The van der Waals surface area contributed by atoms with Crippen molar-refractivity contribution < 1.29 is 0 Å². The number of halogens is 1. The largest absolute Gasteiger partial charge is 0.354 e. The Kier molecular flexibility index (Phi) is 2.36. The lowest BCUT2D eigenvalue weighted by Crippen LogP contribution is -2.20. The van der Waals surface area contributed by atoms with Crippen molar-refractivity contribution in [3.63, 3.8) is 0 Å². The zero-order chi connectivity index (χ0) is 9.26. The maximum Gasteiger partial charge on any atom is 0.171 e. The van der Waals surface area contributed by atoms with E-state index in [2.05, 4.69) is 21.8 Å². The fraction of sp³-hybridized carbons (Fsp3) is 0.556. The molecule has 0 aliphatic carbocycles. The SMILES string of the molecule is CC1CCN(c2nccnc2Cl)C1. The summed E-state index contributed by atoms with van der Waals surface area (Å²) in [7, 11) is 0. The summed E-state index contributed by atoms with van der Waals surface area (Å²) in [6, 6.07) is 0. The summed E-state index contributed by atoms with van der Waals surface area (Å²) in [6.45, 7) is 4.32. The van der Waals surface area contributed by atoms with Gasteiger partial charge < -0.3 is 4.90 Å². The molecule has 1 fully saturated rings. The van der Waals surface area contributed by atoms with Crippen molar-refractivity contribution >= 4 is 17.4 Å². The van der Waals surface area contributed by atoms with Gasteiger partial charge in [-0.3, -0.25) is 0 Å². The first-order valence-corrected chi connectivity index (χ1v) is 4.86. The second kappa shape index (κ2) is 3.50. The highest BCUT2D eigenvalue weighted by atomic mass is 35.5. The van der Waals surface area contributed by atoms with E-state index in [9.17, 15) is 0 Å². The predicted octanol–water partition coefficient (Wildman–Crippen LogP) is 1.98. The molecule has 13 heavy (non-hydrogen) atoms. The molecule has 1 aliphatic rings. The quantitative estimate of drug-likeness (QED) is 0.690. The van der Waals surface area contributed by atoms with Crippen molar-refractivity contribution in [2.75, 3.05) is 18.0 Å². The Bertz CT molecular complexity index is 303. The molecular formula is C9H12ClN3. The lowest BCUT2D eigenvalue weighted by Gasteiger charge is -2.16. The summed E-state index contributed by atoms with van der Waals surface area (Å²) in [5.41, 5.74) is 0. The number of rotatable bonds is 1. The Labute approximate surface area is 82.8 Å². The molecule has 2 heterocycles. The third-order valence-corrected chi connectivity index (χ3v) is 2.63. The Morgan fingerprint density at radius 1 is 1.46 bits per heavy atom. The number of hydrogen-bond acceptors (Lipinski definition) is 3. The van der Waals surface area contributed by atoms with E-state index in [0.29, 0.717) is 5.15 Å². The van der Waals surface area contributed by atoms with Crippen molar-refractivity contribution in [3.8, 4) is 0 Å². The molecule has 1 atom stereocenters. The maximum atomic E-state index is 5.94. The summed E-state index contributed by atoms with van der Waals surface area (Å²) in [4.78, 5) is 10.4. The monoisotopic (exact) mass is 197 g/mol.